The Morgan fingerprint density at radius 2 is 1.84 bits per heavy atom. The smallest absolute Gasteiger partial charge is 0.325 e. The molecule has 3 rings (SSSR count). The lowest BCUT2D eigenvalue weighted by Gasteiger charge is -2.23. The Balaban J connectivity index is 1.60. The Morgan fingerprint density at radius 1 is 1.13 bits per heavy atom. The largest absolute Gasteiger partial charge is 0.497 e. The number of carbonyl (C=O) groups excluding carboxylic acids is 4. The van der Waals surface area contributed by atoms with E-state index in [1.54, 1.807) is 61.5 Å². The van der Waals surface area contributed by atoms with Crippen LogP contribution in [0.3, 0.4) is 0 Å². The van der Waals surface area contributed by atoms with Gasteiger partial charge in [0.2, 0.25) is 11.8 Å². The highest BCUT2D eigenvalue weighted by atomic mass is 16.5. The highest BCUT2D eigenvalue weighted by molar-refractivity contribution is 6.09. The van der Waals surface area contributed by atoms with Gasteiger partial charge in [0.1, 0.15) is 17.8 Å². The Labute approximate surface area is 180 Å². The molecule has 1 unspecified atom stereocenters. The molecule has 162 valence electrons. The molecule has 1 fully saturated rings. The number of hydrogen-bond acceptors (Lipinski definition) is 5. The SMILES string of the molecule is COc1cccc(NC(=O)CN(C)C(=O)CN2C(=O)NC(C)(c3ccccc3)C2=O)c1. The van der Waals surface area contributed by atoms with Crippen molar-refractivity contribution in [1.82, 2.24) is 15.1 Å². The molecule has 1 atom stereocenters. The molecule has 1 heterocycles. The van der Waals surface area contributed by atoms with Gasteiger partial charge in [-0.1, -0.05) is 36.4 Å². The summed E-state index contributed by atoms with van der Waals surface area (Å²) >= 11 is 0. The highest BCUT2D eigenvalue weighted by Gasteiger charge is 2.49. The molecule has 0 aliphatic carbocycles. The molecular formula is C22H24N4O5. The fraction of sp³-hybridized carbons (Fsp3) is 0.273. The number of nitrogens with one attached hydrogen (secondary N) is 2. The first-order valence-corrected chi connectivity index (χ1v) is 9.62. The zero-order valence-corrected chi connectivity index (χ0v) is 17.5. The van der Waals surface area contributed by atoms with Crippen LogP contribution < -0.4 is 15.4 Å². The topological polar surface area (TPSA) is 108 Å². The first-order chi connectivity index (χ1) is 14.7. The van der Waals surface area contributed by atoms with Crippen LogP contribution in [-0.2, 0) is 19.9 Å². The molecule has 5 amide bonds. The molecule has 1 saturated heterocycles. The van der Waals surface area contributed by atoms with Gasteiger partial charge in [0.25, 0.3) is 5.91 Å². The summed E-state index contributed by atoms with van der Waals surface area (Å²) in [4.78, 5) is 52.2. The Kier molecular flexibility index (Phi) is 6.24. The summed E-state index contributed by atoms with van der Waals surface area (Å²) in [5, 5.41) is 5.33. The fourth-order valence-electron chi connectivity index (χ4n) is 3.27. The maximum atomic E-state index is 12.9. The lowest BCUT2D eigenvalue weighted by molar-refractivity contribution is -0.139. The van der Waals surface area contributed by atoms with Crippen LogP contribution in [0.25, 0.3) is 0 Å². The van der Waals surface area contributed by atoms with Gasteiger partial charge in [0.05, 0.1) is 13.7 Å². The van der Waals surface area contributed by atoms with Crippen LogP contribution in [0.4, 0.5) is 10.5 Å². The van der Waals surface area contributed by atoms with E-state index in [4.69, 9.17) is 4.74 Å². The molecule has 2 N–H and O–H groups in total. The average Bonchev–Trinajstić information content (AvgIpc) is 2.98. The Hall–Kier alpha value is -3.88. The lowest BCUT2D eigenvalue weighted by atomic mass is 9.92. The molecule has 0 radical (unpaired) electrons. The van der Waals surface area contributed by atoms with Gasteiger partial charge in [0.15, 0.2) is 0 Å². The number of carbonyl (C=O) groups is 4. The van der Waals surface area contributed by atoms with E-state index < -0.39 is 35.8 Å². The summed E-state index contributed by atoms with van der Waals surface area (Å²) < 4.78 is 5.11. The van der Waals surface area contributed by atoms with Crippen molar-refractivity contribution >= 4 is 29.4 Å². The number of amides is 5. The molecule has 0 aromatic heterocycles. The minimum Gasteiger partial charge on any atom is -0.497 e. The van der Waals surface area contributed by atoms with Crippen molar-refractivity contribution in [2.24, 2.45) is 0 Å². The van der Waals surface area contributed by atoms with E-state index >= 15 is 0 Å². The van der Waals surface area contributed by atoms with Crippen LogP contribution >= 0.6 is 0 Å². The van der Waals surface area contributed by atoms with Crippen LogP contribution in [0.15, 0.2) is 54.6 Å². The number of anilines is 1. The normalized spacial score (nSPS) is 17.8. The zero-order chi connectivity index (χ0) is 22.6. The van der Waals surface area contributed by atoms with Gasteiger partial charge in [-0.25, -0.2) is 4.79 Å². The van der Waals surface area contributed by atoms with Gasteiger partial charge < -0.3 is 20.3 Å². The number of methoxy groups -OCH3 is 1. The van der Waals surface area contributed by atoms with Crippen molar-refractivity contribution in [3.8, 4) is 5.75 Å². The van der Waals surface area contributed by atoms with Crippen LogP contribution in [0.1, 0.15) is 12.5 Å². The van der Waals surface area contributed by atoms with Gasteiger partial charge in [0, 0.05) is 18.8 Å². The number of ether oxygens (including phenoxy) is 1. The monoisotopic (exact) mass is 424 g/mol. The maximum Gasteiger partial charge on any atom is 0.325 e. The van der Waals surface area contributed by atoms with Crippen molar-refractivity contribution in [1.29, 1.82) is 0 Å². The van der Waals surface area contributed by atoms with E-state index in [9.17, 15) is 19.2 Å². The molecule has 31 heavy (non-hydrogen) atoms. The van der Waals surface area contributed by atoms with Crippen molar-refractivity contribution in [3.05, 3.63) is 60.2 Å². The lowest BCUT2D eigenvalue weighted by Crippen LogP contribution is -2.45. The van der Waals surface area contributed by atoms with Gasteiger partial charge >= 0.3 is 6.03 Å². The fourth-order valence-corrected chi connectivity index (χ4v) is 3.27. The molecular weight excluding hydrogens is 400 g/mol. The maximum absolute atomic E-state index is 12.9. The minimum absolute atomic E-state index is 0.240. The third kappa shape index (κ3) is 4.66. The van der Waals surface area contributed by atoms with Crippen LogP contribution in [0.2, 0.25) is 0 Å². The number of nitrogens with zero attached hydrogens (tertiary/aromatic N) is 2. The predicted molar refractivity (Wildman–Crippen MR) is 113 cm³/mol. The van der Waals surface area contributed by atoms with E-state index in [0.717, 1.165) is 9.80 Å². The molecule has 1 aliphatic rings. The van der Waals surface area contributed by atoms with Gasteiger partial charge in [-0.3, -0.25) is 19.3 Å². The van der Waals surface area contributed by atoms with Crippen molar-refractivity contribution in [2.75, 3.05) is 32.6 Å². The molecule has 0 saturated carbocycles. The number of rotatable bonds is 7. The number of likely N-dealkylation sites (N-methyl/N-ethyl adjacent to an activating group) is 1. The van der Waals surface area contributed by atoms with E-state index in [0.29, 0.717) is 17.0 Å². The van der Waals surface area contributed by atoms with E-state index in [2.05, 4.69) is 10.6 Å². The summed E-state index contributed by atoms with van der Waals surface area (Å²) in [6.07, 6.45) is 0. The van der Waals surface area contributed by atoms with Gasteiger partial charge in [-0.15, -0.1) is 0 Å². The summed E-state index contributed by atoms with van der Waals surface area (Å²) in [6, 6.07) is 15.0. The van der Waals surface area contributed by atoms with E-state index in [1.165, 1.54) is 14.2 Å². The number of hydrogen-bond donors (Lipinski definition) is 2. The first-order valence-electron chi connectivity index (χ1n) is 9.62. The molecule has 2 aromatic carbocycles. The molecule has 1 aliphatic heterocycles. The second kappa shape index (κ2) is 8.86. The summed E-state index contributed by atoms with van der Waals surface area (Å²) in [5.74, 6) is -0.898. The number of urea groups is 1. The van der Waals surface area contributed by atoms with Crippen LogP contribution in [0, 0.1) is 0 Å². The first kappa shape index (κ1) is 21.8. The molecule has 0 spiro atoms. The summed E-state index contributed by atoms with van der Waals surface area (Å²) in [7, 11) is 2.95. The number of imide groups is 1. The highest BCUT2D eigenvalue weighted by Crippen LogP contribution is 2.28. The molecule has 2 aromatic rings. The minimum atomic E-state index is -1.25. The standard InChI is InChI=1S/C22H24N4O5/c1-22(15-8-5-4-6-9-15)20(29)26(21(30)24-22)14-19(28)25(2)13-18(27)23-16-10-7-11-17(12-16)31-3/h4-12H,13-14H2,1-3H3,(H,23,27)(H,24,30). The van der Waals surface area contributed by atoms with Crippen LogP contribution in [-0.4, -0.2) is 60.8 Å². The third-order valence-corrected chi connectivity index (χ3v) is 5.08. The Morgan fingerprint density at radius 3 is 2.52 bits per heavy atom. The Bertz CT molecular complexity index is 1010. The predicted octanol–water partition coefficient (Wildman–Crippen LogP) is 1.56. The van der Waals surface area contributed by atoms with Crippen molar-refractivity contribution < 1.29 is 23.9 Å². The molecule has 0 bridgehead atoms. The van der Waals surface area contributed by atoms with Gasteiger partial charge in [-0.05, 0) is 24.6 Å². The number of benzene rings is 2. The van der Waals surface area contributed by atoms with Gasteiger partial charge in [-0.2, -0.15) is 0 Å². The second-order valence-electron chi connectivity index (χ2n) is 7.34. The van der Waals surface area contributed by atoms with E-state index in [-0.39, 0.29) is 6.54 Å². The van der Waals surface area contributed by atoms with Crippen molar-refractivity contribution in [3.63, 3.8) is 0 Å². The third-order valence-electron chi connectivity index (χ3n) is 5.08. The molecule has 9 nitrogen and oxygen atoms in total. The molecule has 9 heteroatoms. The summed E-state index contributed by atoms with van der Waals surface area (Å²) in [5.41, 5.74) is -0.103. The quantitative estimate of drug-likeness (QED) is 0.656. The zero-order valence-electron chi connectivity index (χ0n) is 17.5. The average molecular weight is 424 g/mol. The summed E-state index contributed by atoms with van der Waals surface area (Å²) in [6.45, 7) is 0.893. The second-order valence-corrected chi connectivity index (χ2v) is 7.34. The van der Waals surface area contributed by atoms with E-state index in [1.807, 2.05) is 0 Å². The van der Waals surface area contributed by atoms with Crippen LogP contribution in [0.5, 0.6) is 5.75 Å². The van der Waals surface area contributed by atoms with Crippen molar-refractivity contribution in [2.45, 2.75) is 12.5 Å².